The highest BCUT2D eigenvalue weighted by molar-refractivity contribution is 6.30. The molecule has 138 valence electrons. The fourth-order valence-electron chi connectivity index (χ4n) is 2.34. The maximum atomic E-state index is 10.7. The number of carbonyl (C=O) groups is 1. The predicted molar refractivity (Wildman–Crippen MR) is 103 cm³/mol. The predicted octanol–water partition coefficient (Wildman–Crippen LogP) is 3.67. The molecule has 0 atom stereocenters. The molecule has 7 heteroatoms. The van der Waals surface area contributed by atoms with Crippen LogP contribution >= 0.6 is 11.6 Å². The van der Waals surface area contributed by atoms with Gasteiger partial charge in [-0.2, -0.15) is 5.10 Å². The smallest absolute Gasteiger partial charge is 0.332 e. The number of hydrogen-bond acceptors (Lipinski definition) is 4. The largest absolute Gasteiger partial charge is 0.490 e. The third kappa shape index (κ3) is 6.29. The highest BCUT2D eigenvalue weighted by Crippen LogP contribution is 2.22. The Balaban J connectivity index is 1.94. The Hall–Kier alpha value is -2.73. The lowest BCUT2D eigenvalue weighted by Crippen LogP contribution is -2.24. The maximum Gasteiger partial charge on any atom is 0.332 e. The molecule has 0 unspecified atom stereocenters. The van der Waals surface area contributed by atoms with Crippen LogP contribution < -0.4 is 20.6 Å². The normalized spacial score (nSPS) is 10.7. The van der Waals surface area contributed by atoms with E-state index >= 15 is 0 Å². The summed E-state index contributed by atoms with van der Waals surface area (Å²) in [6, 6.07) is 10.5. The van der Waals surface area contributed by atoms with E-state index in [0.717, 1.165) is 12.2 Å². The number of ether oxygens (including phenoxy) is 2. The van der Waals surface area contributed by atoms with Crippen molar-refractivity contribution >= 4 is 23.8 Å². The number of aryl methyl sites for hydroxylation is 2. The molecule has 0 aliphatic rings. The van der Waals surface area contributed by atoms with E-state index < -0.39 is 6.03 Å². The van der Waals surface area contributed by atoms with Crippen LogP contribution in [-0.2, 0) is 6.42 Å². The molecule has 0 aliphatic heterocycles. The molecule has 0 saturated carbocycles. The summed E-state index contributed by atoms with van der Waals surface area (Å²) in [6.07, 6.45) is 2.38. The first-order chi connectivity index (χ1) is 12.5. The van der Waals surface area contributed by atoms with Crippen LogP contribution in [0, 0.1) is 6.92 Å². The van der Waals surface area contributed by atoms with Gasteiger partial charge in [0.25, 0.3) is 0 Å². The van der Waals surface area contributed by atoms with E-state index in [1.54, 1.807) is 18.2 Å². The Kier molecular flexibility index (Phi) is 7.29. The van der Waals surface area contributed by atoms with Crippen LogP contribution in [0.1, 0.15) is 23.6 Å². The van der Waals surface area contributed by atoms with Crippen molar-refractivity contribution in [2.24, 2.45) is 10.8 Å². The Morgan fingerprint density at radius 2 is 2.00 bits per heavy atom. The summed E-state index contributed by atoms with van der Waals surface area (Å²) >= 11 is 5.99. The molecule has 26 heavy (non-hydrogen) atoms. The van der Waals surface area contributed by atoms with Crippen LogP contribution in [0.3, 0.4) is 0 Å². The molecule has 2 aromatic rings. The molecule has 2 rings (SSSR count). The number of nitrogens with two attached hydrogens (primary N) is 1. The summed E-state index contributed by atoms with van der Waals surface area (Å²) in [5.41, 5.74) is 10.1. The highest BCUT2D eigenvalue weighted by atomic mass is 35.5. The van der Waals surface area contributed by atoms with Crippen molar-refractivity contribution in [2.45, 2.75) is 20.3 Å². The molecule has 0 aromatic heterocycles. The van der Waals surface area contributed by atoms with Crippen LogP contribution in [-0.4, -0.2) is 25.5 Å². The van der Waals surface area contributed by atoms with E-state index in [-0.39, 0.29) is 0 Å². The van der Waals surface area contributed by atoms with E-state index in [1.807, 2.05) is 19.1 Å². The van der Waals surface area contributed by atoms with Crippen molar-refractivity contribution in [1.82, 2.24) is 5.43 Å². The zero-order valence-electron chi connectivity index (χ0n) is 14.8. The minimum Gasteiger partial charge on any atom is -0.490 e. The number of rotatable bonds is 8. The topological polar surface area (TPSA) is 85.9 Å². The summed E-state index contributed by atoms with van der Waals surface area (Å²) < 4.78 is 11.5. The van der Waals surface area contributed by atoms with Crippen LogP contribution in [0.15, 0.2) is 41.5 Å². The van der Waals surface area contributed by atoms with E-state index in [1.165, 1.54) is 17.3 Å². The molecule has 0 aliphatic carbocycles. The second-order valence-electron chi connectivity index (χ2n) is 5.62. The minimum atomic E-state index is -0.747. The average Bonchev–Trinajstić information content (AvgIpc) is 2.59. The van der Waals surface area contributed by atoms with Gasteiger partial charge in [-0.05, 0) is 54.8 Å². The summed E-state index contributed by atoms with van der Waals surface area (Å²) in [4.78, 5) is 10.7. The minimum absolute atomic E-state index is 0.348. The van der Waals surface area contributed by atoms with Gasteiger partial charge in [0, 0.05) is 10.6 Å². The molecule has 0 heterocycles. The summed E-state index contributed by atoms with van der Waals surface area (Å²) in [5.74, 6) is 1.40. The number of primary amides is 1. The van der Waals surface area contributed by atoms with Crippen LogP contribution in [0.5, 0.6) is 11.5 Å². The van der Waals surface area contributed by atoms with Crippen LogP contribution in [0.4, 0.5) is 4.79 Å². The molecule has 0 saturated heterocycles. The Labute approximate surface area is 157 Å². The van der Waals surface area contributed by atoms with Gasteiger partial charge in [-0.3, -0.25) is 0 Å². The van der Waals surface area contributed by atoms with Crippen molar-refractivity contribution in [2.75, 3.05) is 13.2 Å². The van der Waals surface area contributed by atoms with Gasteiger partial charge < -0.3 is 15.2 Å². The zero-order valence-corrected chi connectivity index (χ0v) is 15.5. The molecule has 2 amide bonds. The van der Waals surface area contributed by atoms with Gasteiger partial charge in [0.1, 0.15) is 24.7 Å². The lowest BCUT2D eigenvalue weighted by atomic mass is 10.1. The van der Waals surface area contributed by atoms with Crippen LogP contribution in [0.25, 0.3) is 0 Å². The van der Waals surface area contributed by atoms with Gasteiger partial charge >= 0.3 is 6.03 Å². The third-order valence-electron chi connectivity index (χ3n) is 3.48. The molecule has 0 bridgehead atoms. The molecular formula is C19H22ClN3O3. The summed E-state index contributed by atoms with van der Waals surface area (Å²) in [7, 11) is 0. The van der Waals surface area contributed by atoms with Gasteiger partial charge in [0.2, 0.25) is 0 Å². The second kappa shape index (κ2) is 9.68. The number of hydrogen-bond donors (Lipinski definition) is 2. The van der Waals surface area contributed by atoms with Gasteiger partial charge in [-0.1, -0.05) is 24.6 Å². The van der Waals surface area contributed by atoms with Crippen molar-refractivity contribution in [1.29, 1.82) is 0 Å². The molecular weight excluding hydrogens is 354 g/mol. The van der Waals surface area contributed by atoms with E-state index in [0.29, 0.717) is 29.5 Å². The molecule has 6 nitrogen and oxygen atoms in total. The average molecular weight is 376 g/mol. The number of hydrazone groups is 1. The monoisotopic (exact) mass is 375 g/mol. The number of urea groups is 1. The number of nitrogens with one attached hydrogen (secondary N) is 1. The van der Waals surface area contributed by atoms with E-state index in [2.05, 4.69) is 23.5 Å². The second-order valence-corrected chi connectivity index (χ2v) is 6.06. The van der Waals surface area contributed by atoms with Crippen LogP contribution in [0.2, 0.25) is 5.02 Å². The van der Waals surface area contributed by atoms with Gasteiger partial charge in [0.05, 0.1) is 6.21 Å². The van der Waals surface area contributed by atoms with E-state index in [4.69, 9.17) is 26.8 Å². The zero-order chi connectivity index (χ0) is 18.9. The lowest BCUT2D eigenvalue weighted by Gasteiger charge is -2.12. The van der Waals surface area contributed by atoms with Gasteiger partial charge in [0.15, 0.2) is 0 Å². The molecule has 2 aromatic carbocycles. The van der Waals surface area contributed by atoms with Crippen molar-refractivity contribution < 1.29 is 14.3 Å². The molecule has 0 fully saturated rings. The number of benzene rings is 2. The Morgan fingerprint density at radius 3 is 2.73 bits per heavy atom. The van der Waals surface area contributed by atoms with Crippen molar-refractivity contribution in [3.05, 3.63) is 58.1 Å². The fraction of sp³-hybridized carbons (Fsp3) is 0.263. The Bertz CT molecular complexity index is 794. The molecule has 0 radical (unpaired) electrons. The third-order valence-corrected chi connectivity index (χ3v) is 3.71. The Morgan fingerprint density at radius 1 is 1.23 bits per heavy atom. The van der Waals surface area contributed by atoms with Crippen molar-refractivity contribution in [3.8, 4) is 11.5 Å². The molecule has 3 N–H and O–H groups in total. The van der Waals surface area contributed by atoms with Gasteiger partial charge in [-0.25, -0.2) is 10.2 Å². The SMILES string of the molecule is CCc1cc(C)cc(OCCOc2ccc(Cl)cc2/C=N\NC(N)=O)c1. The first-order valence-electron chi connectivity index (χ1n) is 8.22. The number of nitrogens with zero attached hydrogens (tertiary/aromatic N) is 1. The maximum absolute atomic E-state index is 10.7. The number of halogens is 1. The standard InChI is InChI=1S/C19H22ClN3O3/c1-3-14-8-13(2)9-17(10-14)25-6-7-26-18-5-4-16(20)11-15(18)12-22-23-19(21)24/h4-5,8-12H,3,6-7H2,1-2H3,(H3,21,23,24)/b22-12-. The van der Waals surface area contributed by atoms with E-state index in [9.17, 15) is 4.79 Å². The van der Waals surface area contributed by atoms with Gasteiger partial charge in [-0.15, -0.1) is 0 Å². The fourth-order valence-corrected chi connectivity index (χ4v) is 2.52. The molecule has 0 spiro atoms. The quantitative estimate of drug-likeness (QED) is 0.419. The summed E-state index contributed by atoms with van der Waals surface area (Å²) in [6.45, 7) is 4.90. The first kappa shape index (κ1) is 19.6. The summed E-state index contributed by atoms with van der Waals surface area (Å²) in [5, 5.41) is 4.26. The number of carbonyl (C=O) groups excluding carboxylic acids is 1. The highest BCUT2D eigenvalue weighted by Gasteiger charge is 2.04. The number of amides is 2. The van der Waals surface area contributed by atoms with Crippen molar-refractivity contribution in [3.63, 3.8) is 0 Å². The lowest BCUT2D eigenvalue weighted by molar-refractivity contribution is 0.217. The first-order valence-corrected chi connectivity index (χ1v) is 8.60.